The molecule has 2 fully saturated rings. The molecule has 80 valence electrons. The Morgan fingerprint density at radius 3 is 2.43 bits per heavy atom. The summed E-state index contributed by atoms with van der Waals surface area (Å²) >= 11 is 0. The van der Waals surface area contributed by atoms with Gasteiger partial charge in [0.1, 0.15) is 0 Å². The summed E-state index contributed by atoms with van der Waals surface area (Å²) in [5, 5.41) is 0. The predicted octanol–water partition coefficient (Wildman–Crippen LogP) is 2.44. The molecule has 0 aromatic carbocycles. The van der Waals surface area contributed by atoms with E-state index in [1.807, 2.05) is 0 Å². The molecule has 1 saturated carbocycles. The molecule has 2 heteroatoms. The molecule has 0 radical (unpaired) electrons. The van der Waals surface area contributed by atoms with Crippen molar-refractivity contribution in [1.82, 2.24) is 4.90 Å². The maximum absolute atomic E-state index is 12.0. The lowest BCUT2D eigenvalue weighted by molar-refractivity contribution is -0.143. The fraction of sp³-hybridized carbons (Fsp3) is 0.917. The van der Waals surface area contributed by atoms with Gasteiger partial charge in [-0.25, -0.2) is 0 Å². The van der Waals surface area contributed by atoms with Crippen molar-refractivity contribution in [2.24, 2.45) is 11.8 Å². The maximum Gasteiger partial charge on any atom is 0.225 e. The monoisotopic (exact) mass is 195 g/mol. The van der Waals surface area contributed by atoms with Gasteiger partial charge in [0, 0.05) is 19.0 Å². The van der Waals surface area contributed by atoms with Crippen molar-refractivity contribution >= 4 is 5.91 Å². The molecule has 2 aliphatic rings. The predicted molar refractivity (Wildman–Crippen MR) is 56.9 cm³/mol. The lowest BCUT2D eigenvalue weighted by Crippen LogP contribution is -2.52. The lowest BCUT2D eigenvalue weighted by atomic mass is 9.86. The quantitative estimate of drug-likeness (QED) is 0.662. The van der Waals surface area contributed by atoms with Crippen LogP contribution in [0.1, 0.15) is 45.4 Å². The fourth-order valence-corrected chi connectivity index (χ4v) is 2.62. The summed E-state index contributed by atoms with van der Waals surface area (Å²) in [7, 11) is 0. The van der Waals surface area contributed by atoms with Gasteiger partial charge in [-0.1, -0.05) is 26.2 Å². The van der Waals surface area contributed by atoms with Gasteiger partial charge in [-0.15, -0.1) is 0 Å². The van der Waals surface area contributed by atoms with Crippen LogP contribution in [0.2, 0.25) is 0 Å². The SMILES string of the molecule is CCC1CN(C(=O)C2CCCCC2)C1. The summed E-state index contributed by atoms with van der Waals surface area (Å²) in [4.78, 5) is 14.0. The van der Waals surface area contributed by atoms with Gasteiger partial charge in [-0.3, -0.25) is 4.79 Å². The van der Waals surface area contributed by atoms with Crippen LogP contribution >= 0.6 is 0 Å². The van der Waals surface area contributed by atoms with Crippen LogP contribution in [0.5, 0.6) is 0 Å². The number of nitrogens with zero attached hydrogens (tertiary/aromatic N) is 1. The second kappa shape index (κ2) is 4.33. The minimum absolute atomic E-state index is 0.376. The number of amides is 1. The molecule has 1 heterocycles. The molecule has 0 aromatic heterocycles. The molecular weight excluding hydrogens is 174 g/mol. The molecule has 0 spiro atoms. The average molecular weight is 195 g/mol. The summed E-state index contributed by atoms with van der Waals surface area (Å²) in [6.45, 7) is 4.28. The number of hydrogen-bond acceptors (Lipinski definition) is 1. The molecule has 1 aliphatic carbocycles. The standard InChI is InChI=1S/C12H21NO/c1-2-10-8-13(9-10)12(14)11-6-4-3-5-7-11/h10-11H,2-9H2,1H3. The molecule has 2 rings (SSSR count). The third-order valence-electron chi connectivity index (χ3n) is 3.80. The molecular formula is C12H21NO. The summed E-state index contributed by atoms with van der Waals surface area (Å²) in [6.07, 6.45) is 7.39. The van der Waals surface area contributed by atoms with Crippen LogP contribution < -0.4 is 0 Å². The Kier molecular flexibility index (Phi) is 3.09. The van der Waals surface area contributed by atoms with Crippen molar-refractivity contribution in [3.63, 3.8) is 0 Å². The van der Waals surface area contributed by atoms with Gasteiger partial charge in [0.25, 0.3) is 0 Å². The van der Waals surface area contributed by atoms with E-state index >= 15 is 0 Å². The third kappa shape index (κ3) is 1.94. The van der Waals surface area contributed by atoms with E-state index in [-0.39, 0.29) is 0 Å². The fourth-order valence-electron chi connectivity index (χ4n) is 2.62. The van der Waals surface area contributed by atoms with Crippen LogP contribution in [-0.2, 0) is 4.79 Å². The Balaban J connectivity index is 1.78. The average Bonchev–Trinajstić information content (AvgIpc) is 2.17. The van der Waals surface area contributed by atoms with Crippen LogP contribution in [0.15, 0.2) is 0 Å². The van der Waals surface area contributed by atoms with Gasteiger partial charge in [0.05, 0.1) is 0 Å². The van der Waals surface area contributed by atoms with Gasteiger partial charge in [0.2, 0.25) is 5.91 Å². The van der Waals surface area contributed by atoms with Crippen molar-refractivity contribution in [3.05, 3.63) is 0 Å². The van der Waals surface area contributed by atoms with Gasteiger partial charge in [0.15, 0.2) is 0 Å². The molecule has 0 aromatic rings. The number of hydrogen-bond donors (Lipinski definition) is 0. The Morgan fingerprint density at radius 2 is 1.86 bits per heavy atom. The summed E-state index contributed by atoms with van der Waals surface area (Å²) in [6, 6.07) is 0. The van der Waals surface area contributed by atoms with Crippen molar-refractivity contribution in [1.29, 1.82) is 0 Å². The zero-order chi connectivity index (χ0) is 9.97. The number of carbonyl (C=O) groups is 1. The van der Waals surface area contributed by atoms with E-state index in [2.05, 4.69) is 11.8 Å². The van der Waals surface area contributed by atoms with Crippen molar-refractivity contribution in [2.75, 3.05) is 13.1 Å². The number of rotatable bonds is 2. The van der Waals surface area contributed by atoms with Crippen LogP contribution in [0, 0.1) is 11.8 Å². The molecule has 1 amide bonds. The highest BCUT2D eigenvalue weighted by atomic mass is 16.2. The van der Waals surface area contributed by atoms with Crippen molar-refractivity contribution < 1.29 is 4.79 Å². The lowest BCUT2D eigenvalue weighted by Gasteiger charge is -2.41. The van der Waals surface area contributed by atoms with Crippen LogP contribution in [0.3, 0.4) is 0 Å². The Morgan fingerprint density at radius 1 is 1.21 bits per heavy atom. The topological polar surface area (TPSA) is 20.3 Å². The highest BCUT2D eigenvalue weighted by Gasteiger charge is 2.33. The van der Waals surface area contributed by atoms with Crippen molar-refractivity contribution in [2.45, 2.75) is 45.4 Å². The van der Waals surface area contributed by atoms with Crippen molar-refractivity contribution in [3.8, 4) is 0 Å². The van der Waals surface area contributed by atoms with Gasteiger partial charge < -0.3 is 4.90 Å². The summed E-state index contributed by atoms with van der Waals surface area (Å²) in [5.74, 6) is 1.62. The second-order valence-electron chi connectivity index (χ2n) is 4.85. The normalized spacial score (nSPS) is 24.8. The molecule has 0 unspecified atom stereocenters. The zero-order valence-electron chi connectivity index (χ0n) is 9.17. The maximum atomic E-state index is 12.0. The van der Waals surface area contributed by atoms with E-state index < -0.39 is 0 Å². The minimum Gasteiger partial charge on any atom is -0.342 e. The smallest absolute Gasteiger partial charge is 0.225 e. The van der Waals surface area contributed by atoms with Crippen LogP contribution in [0.25, 0.3) is 0 Å². The largest absolute Gasteiger partial charge is 0.342 e. The van der Waals surface area contributed by atoms with E-state index in [4.69, 9.17) is 0 Å². The zero-order valence-corrected chi connectivity index (χ0v) is 9.17. The van der Waals surface area contributed by atoms with E-state index in [0.717, 1.165) is 31.8 Å². The first-order valence-corrected chi connectivity index (χ1v) is 6.10. The third-order valence-corrected chi connectivity index (χ3v) is 3.80. The van der Waals surface area contributed by atoms with E-state index in [9.17, 15) is 4.79 Å². The first kappa shape index (κ1) is 10.0. The summed E-state index contributed by atoms with van der Waals surface area (Å²) in [5.41, 5.74) is 0. The molecule has 0 atom stereocenters. The Bertz CT molecular complexity index is 202. The number of likely N-dealkylation sites (tertiary alicyclic amines) is 1. The first-order chi connectivity index (χ1) is 6.81. The Labute approximate surface area is 86.7 Å². The molecule has 0 N–H and O–H groups in total. The highest BCUT2D eigenvalue weighted by Crippen LogP contribution is 2.28. The molecule has 14 heavy (non-hydrogen) atoms. The van der Waals surface area contributed by atoms with Gasteiger partial charge >= 0.3 is 0 Å². The first-order valence-electron chi connectivity index (χ1n) is 6.10. The van der Waals surface area contributed by atoms with E-state index in [0.29, 0.717) is 11.8 Å². The minimum atomic E-state index is 0.376. The molecule has 0 bridgehead atoms. The van der Waals surface area contributed by atoms with Crippen LogP contribution in [-0.4, -0.2) is 23.9 Å². The number of carbonyl (C=O) groups excluding carboxylic acids is 1. The van der Waals surface area contributed by atoms with E-state index in [1.54, 1.807) is 0 Å². The molecule has 1 aliphatic heterocycles. The van der Waals surface area contributed by atoms with Gasteiger partial charge in [-0.2, -0.15) is 0 Å². The highest BCUT2D eigenvalue weighted by molar-refractivity contribution is 5.79. The Hall–Kier alpha value is -0.530. The van der Waals surface area contributed by atoms with E-state index in [1.165, 1.54) is 25.7 Å². The molecule has 2 nitrogen and oxygen atoms in total. The second-order valence-corrected chi connectivity index (χ2v) is 4.85. The van der Waals surface area contributed by atoms with Crippen LogP contribution in [0.4, 0.5) is 0 Å². The molecule has 1 saturated heterocycles. The van der Waals surface area contributed by atoms with Gasteiger partial charge in [-0.05, 0) is 25.2 Å². The summed E-state index contributed by atoms with van der Waals surface area (Å²) < 4.78 is 0.